The van der Waals surface area contributed by atoms with Crippen LogP contribution in [0, 0.1) is 17.8 Å². The Bertz CT molecular complexity index is 1210. The monoisotopic (exact) mass is 515 g/mol. The van der Waals surface area contributed by atoms with Gasteiger partial charge in [0.05, 0.1) is 18.6 Å². The molecule has 2 aromatic rings. The molecule has 7 nitrogen and oxygen atoms in total. The molecule has 2 aromatic carbocycles. The quantitative estimate of drug-likeness (QED) is 0.558. The summed E-state index contributed by atoms with van der Waals surface area (Å²) in [6.45, 7) is 9.06. The number of rotatable bonds is 5. The molecule has 3 N–H and O–H groups in total. The van der Waals surface area contributed by atoms with Gasteiger partial charge in [0.1, 0.15) is 5.75 Å². The number of hydrogen-bond acceptors (Lipinski definition) is 6. The number of piperazine rings is 1. The zero-order valence-corrected chi connectivity index (χ0v) is 22.9. The van der Waals surface area contributed by atoms with Gasteiger partial charge in [-0.3, -0.25) is 15.1 Å². The number of benzene rings is 2. The molecular formula is C31H41N5O2. The van der Waals surface area contributed by atoms with Crippen LogP contribution in [0.25, 0.3) is 0 Å². The average Bonchev–Trinajstić information content (AvgIpc) is 3.47. The molecule has 6 atom stereocenters. The van der Waals surface area contributed by atoms with Crippen LogP contribution < -0.4 is 25.8 Å². The van der Waals surface area contributed by atoms with Crippen LogP contribution in [0.15, 0.2) is 42.5 Å². The Labute approximate surface area is 226 Å². The van der Waals surface area contributed by atoms with Gasteiger partial charge in [-0.1, -0.05) is 12.1 Å². The molecule has 7 heteroatoms. The number of hydrazine groups is 1. The maximum atomic E-state index is 13.1. The first-order chi connectivity index (χ1) is 18.5. The third kappa shape index (κ3) is 3.85. The van der Waals surface area contributed by atoms with Crippen molar-refractivity contribution in [3.8, 4) is 5.75 Å². The normalized spacial score (nSPS) is 34.4. The molecule has 0 aromatic heterocycles. The Morgan fingerprint density at radius 3 is 2.53 bits per heavy atom. The number of anilines is 2. The highest BCUT2D eigenvalue weighted by Crippen LogP contribution is 2.65. The van der Waals surface area contributed by atoms with Crippen LogP contribution in [0.2, 0.25) is 0 Å². The highest BCUT2D eigenvalue weighted by molar-refractivity contribution is 6.09. The molecule has 2 aliphatic carbocycles. The third-order valence-electron chi connectivity index (χ3n) is 10.4. The van der Waals surface area contributed by atoms with Crippen molar-refractivity contribution in [3.05, 3.63) is 53.6 Å². The van der Waals surface area contributed by atoms with Gasteiger partial charge in [0.2, 0.25) is 5.91 Å². The summed E-state index contributed by atoms with van der Waals surface area (Å²) in [4.78, 5) is 18.2. The summed E-state index contributed by atoms with van der Waals surface area (Å²) >= 11 is 0. The van der Waals surface area contributed by atoms with Crippen molar-refractivity contribution in [3.63, 3.8) is 0 Å². The number of ether oxygens (including phenoxy) is 1. The number of carbonyl (C=O) groups excluding carboxylic acids is 1. The first-order valence-corrected chi connectivity index (χ1v) is 14.6. The van der Waals surface area contributed by atoms with E-state index < -0.39 is 0 Å². The highest BCUT2D eigenvalue weighted by atomic mass is 16.5. The van der Waals surface area contributed by atoms with Crippen molar-refractivity contribution in [2.24, 2.45) is 17.8 Å². The lowest BCUT2D eigenvalue weighted by atomic mass is 9.72. The van der Waals surface area contributed by atoms with Crippen molar-refractivity contribution in [1.82, 2.24) is 15.8 Å². The molecule has 5 aliphatic rings. The molecule has 3 heterocycles. The largest absolute Gasteiger partial charge is 0.497 e. The molecule has 2 saturated carbocycles. The molecule has 0 radical (unpaired) electrons. The minimum Gasteiger partial charge on any atom is -0.497 e. The van der Waals surface area contributed by atoms with E-state index in [1.165, 1.54) is 24.1 Å². The van der Waals surface area contributed by atoms with E-state index in [2.05, 4.69) is 70.1 Å². The number of amides is 1. The second-order valence-electron chi connectivity index (χ2n) is 12.5. The minimum atomic E-state index is -0.344. The number of nitrogens with zero attached hydrogens (tertiary/aromatic N) is 2. The SMILES string of the molecule is COc1ccc2c(c1)[C@]1(CC1C1CCC3C(C1)NNC3c1ccc(N3CCN(C(C)C)CC3)cc1)C(=O)N2. The van der Waals surface area contributed by atoms with E-state index in [4.69, 9.17) is 4.74 Å². The molecule has 0 bridgehead atoms. The van der Waals surface area contributed by atoms with Gasteiger partial charge in [-0.15, -0.1) is 0 Å². The highest BCUT2D eigenvalue weighted by Gasteiger charge is 2.67. The number of methoxy groups -OCH3 is 1. The summed E-state index contributed by atoms with van der Waals surface area (Å²) in [6.07, 6.45) is 4.48. The van der Waals surface area contributed by atoms with Gasteiger partial charge >= 0.3 is 0 Å². The molecule has 202 valence electrons. The lowest BCUT2D eigenvalue weighted by Gasteiger charge is -2.38. The van der Waals surface area contributed by atoms with Crippen molar-refractivity contribution < 1.29 is 9.53 Å². The molecule has 38 heavy (non-hydrogen) atoms. The van der Waals surface area contributed by atoms with E-state index in [1.54, 1.807) is 7.11 Å². The molecular weight excluding hydrogens is 474 g/mol. The van der Waals surface area contributed by atoms with Crippen LogP contribution in [0.3, 0.4) is 0 Å². The van der Waals surface area contributed by atoms with E-state index in [0.717, 1.165) is 56.0 Å². The van der Waals surface area contributed by atoms with Crippen molar-refractivity contribution in [2.45, 2.75) is 63.1 Å². The Morgan fingerprint density at radius 1 is 1.00 bits per heavy atom. The summed E-state index contributed by atoms with van der Waals surface area (Å²) in [7, 11) is 1.70. The maximum Gasteiger partial charge on any atom is 0.235 e. The van der Waals surface area contributed by atoms with Crippen LogP contribution in [0.5, 0.6) is 5.75 Å². The molecule has 7 rings (SSSR count). The summed E-state index contributed by atoms with van der Waals surface area (Å²) < 4.78 is 5.48. The summed E-state index contributed by atoms with van der Waals surface area (Å²) in [5.74, 6) is 2.61. The average molecular weight is 516 g/mol. The van der Waals surface area contributed by atoms with E-state index >= 15 is 0 Å². The minimum absolute atomic E-state index is 0.189. The first kappa shape index (κ1) is 24.4. The Kier molecular flexibility index (Phi) is 5.95. The fourth-order valence-electron chi connectivity index (χ4n) is 8.09. The molecule has 1 amide bonds. The maximum absolute atomic E-state index is 13.1. The van der Waals surface area contributed by atoms with E-state index in [9.17, 15) is 4.79 Å². The van der Waals surface area contributed by atoms with Crippen molar-refractivity contribution >= 4 is 17.3 Å². The molecule has 4 fully saturated rings. The lowest BCUT2D eigenvalue weighted by Crippen LogP contribution is -2.48. The van der Waals surface area contributed by atoms with Gasteiger partial charge in [-0.2, -0.15) is 0 Å². The number of carbonyl (C=O) groups is 1. The lowest BCUT2D eigenvalue weighted by molar-refractivity contribution is -0.118. The van der Waals surface area contributed by atoms with Gasteiger partial charge in [-0.25, -0.2) is 5.43 Å². The smallest absolute Gasteiger partial charge is 0.235 e. The van der Waals surface area contributed by atoms with Gasteiger partial charge in [0.15, 0.2) is 0 Å². The zero-order chi connectivity index (χ0) is 26.0. The fraction of sp³-hybridized carbons (Fsp3) is 0.581. The number of hydrogen-bond donors (Lipinski definition) is 3. The van der Waals surface area contributed by atoms with Gasteiger partial charge < -0.3 is 15.0 Å². The first-order valence-electron chi connectivity index (χ1n) is 14.6. The molecule has 2 saturated heterocycles. The topological polar surface area (TPSA) is 68.9 Å². The van der Waals surface area contributed by atoms with Crippen LogP contribution >= 0.6 is 0 Å². The molecule has 1 spiro atoms. The van der Waals surface area contributed by atoms with Crippen molar-refractivity contribution in [2.75, 3.05) is 43.5 Å². The number of nitrogens with one attached hydrogen (secondary N) is 3. The van der Waals surface area contributed by atoms with E-state index in [0.29, 0.717) is 35.9 Å². The Morgan fingerprint density at radius 2 is 1.79 bits per heavy atom. The Hall–Kier alpha value is -2.61. The van der Waals surface area contributed by atoms with Crippen LogP contribution in [-0.4, -0.2) is 56.2 Å². The van der Waals surface area contributed by atoms with E-state index in [1.807, 2.05) is 12.1 Å². The number of fused-ring (bicyclic) bond motifs is 3. The predicted molar refractivity (Wildman–Crippen MR) is 150 cm³/mol. The van der Waals surface area contributed by atoms with Gasteiger partial charge in [0.25, 0.3) is 0 Å². The van der Waals surface area contributed by atoms with E-state index in [-0.39, 0.29) is 11.3 Å². The van der Waals surface area contributed by atoms with Crippen molar-refractivity contribution in [1.29, 1.82) is 0 Å². The summed E-state index contributed by atoms with van der Waals surface area (Å²) in [5, 5.41) is 3.15. The van der Waals surface area contributed by atoms with Crippen LogP contribution in [0.1, 0.15) is 56.7 Å². The van der Waals surface area contributed by atoms with Crippen LogP contribution in [0.4, 0.5) is 11.4 Å². The fourth-order valence-corrected chi connectivity index (χ4v) is 8.09. The third-order valence-corrected chi connectivity index (χ3v) is 10.4. The molecule has 5 unspecified atom stereocenters. The predicted octanol–water partition coefficient (Wildman–Crippen LogP) is 4.07. The van der Waals surface area contributed by atoms with Gasteiger partial charge in [0, 0.05) is 49.6 Å². The Balaban J connectivity index is 1.000. The molecule has 3 aliphatic heterocycles. The standard InChI is InChI=1S/C31H41N5O2/c1-19(2)35-12-14-36(15-13-35)22-7-4-20(5-8-22)29-24-10-6-21(16-28(24)33-34-29)26-18-31(26)25-17-23(38-3)9-11-27(25)32-30(31)37/h4-5,7-9,11,17,19,21,24,26,28-29,33-34H,6,10,12-16,18H2,1-3H3,(H,32,37)/t21?,24?,26?,28?,29?,31-/m0/s1. The summed E-state index contributed by atoms with van der Waals surface area (Å²) in [5.41, 5.74) is 11.8. The second-order valence-corrected chi connectivity index (χ2v) is 12.5. The van der Waals surface area contributed by atoms with Gasteiger partial charge in [-0.05, 0) is 98.7 Å². The van der Waals surface area contributed by atoms with Crippen LogP contribution in [-0.2, 0) is 10.2 Å². The zero-order valence-electron chi connectivity index (χ0n) is 22.9. The second kappa shape index (κ2) is 9.25. The summed E-state index contributed by atoms with van der Waals surface area (Å²) in [6, 6.07) is 16.8.